The van der Waals surface area contributed by atoms with Crippen molar-refractivity contribution in [2.45, 2.75) is 19.9 Å². The summed E-state index contributed by atoms with van der Waals surface area (Å²) in [4.78, 5) is 16.8. The van der Waals surface area contributed by atoms with Crippen LogP contribution in [0, 0.1) is 0 Å². The van der Waals surface area contributed by atoms with Gasteiger partial charge < -0.3 is 24.0 Å². The Hall–Kier alpha value is -2.89. The van der Waals surface area contributed by atoms with Crippen LogP contribution in [0.5, 0.6) is 17.2 Å². The van der Waals surface area contributed by atoms with Gasteiger partial charge in [0.1, 0.15) is 0 Å². The highest BCUT2D eigenvalue weighted by molar-refractivity contribution is 5.79. The molecule has 0 spiro atoms. The van der Waals surface area contributed by atoms with Gasteiger partial charge in [0.05, 0.1) is 27.8 Å². The molecule has 0 aromatic heterocycles. The smallest absolute Gasteiger partial charge is 0.227 e. The lowest BCUT2D eigenvalue weighted by atomic mass is 10.1. The van der Waals surface area contributed by atoms with E-state index in [2.05, 4.69) is 29.2 Å². The number of likely N-dealkylation sites (N-methyl/N-ethyl adjacent to an activating group) is 1. The third-order valence-electron chi connectivity index (χ3n) is 4.64. The number of benzene rings is 2. The summed E-state index contributed by atoms with van der Waals surface area (Å²) < 4.78 is 16.1. The van der Waals surface area contributed by atoms with Gasteiger partial charge in [-0.05, 0) is 42.3 Å². The fourth-order valence-electron chi connectivity index (χ4n) is 3.02. The van der Waals surface area contributed by atoms with Crippen LogP contribution >= 0.6 is 0 Å². The minimum Gasteiger partial charge on any atom is -0.493 e. The largest absolute Gasteiger partial charge is 0.493 e. The lowest BCUT2D eigenvalue weighted by Crippen LogP contribution is -2.31. The van der Waals surface area contributed by atoms with E-state index in [0.29, 0.717) is 30.3 Å². The second-order valence-electron chi connectivity index (χ2n) is 6.68. The second-order valence-corrected chi connectivity index (χ2v) is 6.68. The fourth-order valence-corrected chi connectivity index (χ4v) is 3.02. The van der Waals surface area contributed by atoms with Crippen LogP contribution in [-0.4, -0.2) is 52.8 Å². The summed E-state index contributed by atoms with van der Waals surface area (Å²) >= 11 is 0. The average molecular weight is 386 g/mol. The Kier molecular flexibility index (Phi) is 7.55. The third kappa shape index (κ3) is 5.09. The van der Waals surface area contributed by atoms with E-state index in [-0.39, 0.29) is 12.3 Å². The Bertz CT molecular complexity index is 763. The molecule has 0 atom stereocenters. The maximum atomic E-state index is 12.9. The standard InChI is InChI=1S/C22H30N2O4/c1-7-24(15-16-8-10-18(11-9-16)23(2)3)21(25)14-17-12-19(26-4)22(28-6)20(13-17)27-5/h8-13H,7,14-15H2,1-6H3. The summed E-state index contributed by atoms with van der Waals surface area (Å²) in [5, 5.41) is 0. The van der Waals surface area contributed by atoms with E-state index in [4.69, 9.17) is 14.2 Å². The normalized spacial score (nSPS) is 10.4. The number of anilines is 1. The van der Waals surface area contributed by atoms with E-state index < -0.39 is 0 Å². The first-order valence-electron chi connectivity index (χ1n) is 9.26. The molecule has 152 valence electrons. The molecule has 2 rings (SSSR count). The molecule has 0 radical (unpaired) electrons. The van der Waals surface area contributed by atoms with E-state index in [1.807, 2.05) is 38.1 Å². The van der Waals surface area contributed by atoms with Gasteiger partial charge in [0.15, 0.2) is 11.5 Å². The molecule has 6 nitrogen and oxygen atoms in total. The Morgan fingerprint density at radius 2 is 1.46 bits per heavy atom. The number of nitrogens with zero attached hydrogens (tertiary/aromatic N) is 2. The van der Waals surface area contributed by atoms with Crippen molar-refractivity contribution >= 4 is 11.6 Å². The van der Waals surface area contributed by atoms with Crippen LogP contribution < -0.4 is 19.1 Å². The van der Waals surface area contributed by atoms with Gasteiger partial charge in [-0.25, -0.2) is 0 Å². The molecular formula is C22H30N2O4. The Morgan fingerprint density at radius 3 is 1.89 bits per heavy atom. The van der Waals surface area contributed by atoms with Crippen LogP contribution in [0.2, 0.25) is 0 Å². The first-order chi connectivity index (χ1) is 13.4. The Balaban J connectivity index is 2.15. The van der Waals surface area contributed by atoms with Gasteiger partial charge in [0, 0.05) is 32.9 Å². The van der Waals surface area contributed by atoms with Crippen LogP contribution in [-0.2, 0) is 17.8 Å². The molecule has 1 amide bonds. The van der Waals surface area contributed by atoms with Gasteiger partial charge in [0.25, 0.3) is 0 Å². The summed E-state index contributed by atoms with van der Waals surface area (Å²) in [6.07, 6.45) is 0.264. The Labute approximate surface area is 167 Å². The molecule has 2 aromatic carbocycles. The van der Waals surface area contributed by atoms with Gasteiger partial charge in [-0.15, -0.1) is 0 Å². The zero-order valence-corrected chi connectivity index (χ0v) is 17.6. The molecule has 0 unspecified atom stereocenters. The SMILES string of the molecule is CCN(Cc1ccc(N(C)C)cc1)C(=O)Cc1cc(OC)c(OC)c(OC)c1. The van der Waals surface area contributed by atoms with E-state index in [1.54, 1.807) is 21.3 Å². The maximum absolute atomic E-state index is 12.9. The topological polar surface area (TPSA) is 51.2 Å². The van der Waals surface area contributed by atoms with Gasteiger partial charge >= 0.3 is 0 Å². The highest BCUT2D eigenvalue weighted by Crippen LogP contribution is 2.38. The van der Waals surface area contributed by atoms with E-state index in [1.165, 1.54) is 0 Å². The summed E-state index contributed by atoms with van der Waals surface area (Å²) in [5.74, 6) is 1.67. The molecule has 0 N–H and O–H groups in total. The summed E-state index contributed by atoms with van der Waals surface area (Å²) in [6, 6.07) is 11.9. The third-order valence-corrected chi connectivity index (χ3v) is 4.64. The van der Waals surface area contributed by atoms with Crippen molar-refractivity contribution in [1.82, 2.24) is 4.90 Å². The molecule has 0 heterocycles. The Morgan fingerprint density at radius 1 is 0.893 bits per heavy atom. The van der Waals surface area contributed by atoms with E-state index in [9.17, 15) is 4.79 Å². The number of rotatable bonds is 9. The number of hydrogen-bond donors (Lipinski definition) is 0. The minimum absolute atomic E-state index is 0.0495. The van der Waals surface area contributed by atoms with Gasteiger partial charge in [-0.2, -0.15) is 0 Å². The molecule has 0 aliphatic heterocycles. The number of hydrogen-bond acceptors (Lipinski definition) is 5. The van der Waals surface area contributed by atoms with Gasteiger partial charge in [-0.1, -0.05) is 12.1 Å². The maximum Gasteiger partial charge on any atom is 0.227 e. The first kappa shape index (κ1) is 21.4. The molecule has 0 bridgehead atoms. The van der Waals surface area contributed by atoms with Crippen molar-refractivity contribution in [2.75, 3.05) is 46.9 Å². The second kappa shape index (κ2) is 9.88. The van der Waals surface area contributed by atoms with Crippen molar-refractivity contribution in [3.05, 3.63) is 47.5 Å². The first-order valence-corrected chi connectivity index (χ1v) is 9.26. The zero-order chi connectivity index (χ0) is 20.7. The molecule has 0 aliphatic carbocycles. The number of methoxy groups -OCH3 is 3. The molecule has 2 aromatic rings. The molecule has 0 saturated carbocycles. The van der Waals surface area contributed by atoms with Gasteiger partial charge in [-0.3, -0.25) is 4.79 Å². The number of ether oxygens (including phenoxy) is 3. The molecule has 6 heteroatoms. The van der Waals surface area contributed by atoms with Crippen LogP contribution in [0.15, 0.2) is 36.4 Å². The highest BCUT2D eigenvalue weighted by Gasteiger charge is 2.18. The van der Waals surface area contributed by atoms with E-state index in [0.717, 1.165) is 16.8 Å². The summed E-state index contributed by atoms with van der Waals surface area (Å²) in [5.41, 5.74) is 3.06. The molecular weight excluding hydrogens is 356 g/mol. The van der Waals surface area contributed by atoms with Crippen molar-refractivity contribution < 1.29 is 19.0 Å². The summed E-state index contributed by atoms with van der Waals surface area (Å²) in [7, 11) is 8.71. The van der Waals surface area contributed by atoms with Crippen LogP contribution in [0.3, 0.4) is 0 Å². The number of carbonyl (C=O) groups is 1. The van der Waals surface area contributed by atoms with Crippen molar-refractivity contribution in [3.8, 4) is 17.2 Å². The molecule has 0 aliphatic rings. The minimum atomic E-state index is 0.0495. The van der Waals surface area contributed by atoms with Crippen LogP contribution in [0.4, 0.5) is 5.69 Å². The highest BCUT2D eigenvalue weighted by atomic mass is 16.5. The van der Waals surface area contributed by atoms with Crippen molar-refractivity contribution in [2.24, 2.45) is 0 Å². The quantitative estimate of drug-likeness (QED) is 0.661. The fraction of sp³-hybridized carbons (Fsp3) is 0.409. The zero-order valence-electron chi connectivity index (χ0n) is 17.6. The molecule has 0 saturated heterocycles. The van der Waals surface area contributed by atoms with Crippen molar-refractivity contribution in [1.29, 1.82) is 0 Å². The van der Waals surface area contributed by atoms with Crippen LogP contribution in [0.1, 0.15) is 18.1 Å². The summed E-state index contributed by atoms with van der Waals surface area (Å²) in [6.45, 7) is 3.20. The van der Waals surface area contributed by atoms with Gasteiger partial charge in [0.2, 0.25) is 11.7 Å². The number of amides is 1. The lowest BCUT2D eigenvalue weighted by Gasteiger charge is -2.22. The van der Waals surface area contributed by atoms with Crippen molar-refractivity contribution in [3.63, 3.8) is 0 Å². The number of carbonyl (C=O) groups excluding carboxylic acids is 1. The predicted molar refractivity (Wildman–Crippen MR) is 112 cm³/mol. The monoisotopic (exact) mass is 386 g/mol. The molecule has 0 fully saturated rings. The van der Waals surface area contributed by atoms with Crippen LogP contribution in [0.25, 0.3) is 0 Å². The van der Waals surface area contributed by atoms with E-state index >= 15 is 0 Å². The predicted octanol–water partition coefficient (Wildman–Crippen LogP) is 3.37. The average Bonchev–Trinajstić information content (AvgIpc) is 2.71. The molecule has 28 heavy (non-hydrogen) atoms. The lowest BCUT2D eigenvalue weighted by molar-refractivity contribution is -0.130.